The van der Waals surface area contributed by atoms with Crippen molar-refractivity contribution in [1.29, 1.82) is 0 Å². The van der Waals surface area contributed by atoms with Crippen LogP contribution in [0.4, 0.5) is 0 Å². The summed E-state index contributed by atoms with van der Waals surface area (Å²) in [4.78, 5) is 2.40. The average molecular weight is 336 g/mol. The third-order valence-electron chi connectivity index (χ3n) is 5.53. The molecule has 1 saturated carbocycles. The Hall–Kier alpha value is -0.950. The van der Waals surface area contributed by atoms with Gasteiger partial charge in [0.25, 0.3) is 0 Å². The van der Waals surface area contributed by atoms with Crippen molar-refractivity contribution in [3.05, 3.63) is 17.5 Å². The van der Waals surface area contributed by atoms with Crippen LogP contribution in [0, 0.1) is 6.92 Å². The number of nitrogens with zero attached hydrogens (tertiary/aromatic N) is 3. The molecule has 6 heteroatoms. The van der Waals surface area contributed by atoms with Crippen molar-refractivity contribution in [3.63, 3.8) is 0 Å². The highest BCUT2D eigenvalue weighted by molar-refractivity contribution is 5.15. The van der Waals surface area contributed by atoms with Crippen molar-refractivity contribution in [2.24, 2.45) is 0 Å². The van der Waals surface area contributed by atoms with Gasteiger partial charge in [-0.15, -0.1) is 0 Å². The van der Waals surface area contributed by atoms with Crippen molar-refractivity contribution < 1.29 is 10.2 Å². The summed E-state index contributed by atoms with van der Waals surface area (Å²) in [7, 11) is 0. The van der Waals surface area contributed by atoms with Gasteiger partial charge in [-0.05, 0) is 32.6 Å². The fourth-order valence-corrected chi connectivity index (χ4v) is 3.82. The maximum atomic E-state index is 10.1. The van der Waals surface area contributed by atoms with Gasteiger partial charge in [0.05, 0.1) is 24.4 Å². The highest BCUT2D eigenvalue weighted by Crippen LogP contribution is 2.19. The van der Waals surface area contributed by atoms with E-state index in [9.17, 15) is 10.2 Å². The summed E-state index contributed by atoms with van der Waals surface area (Å²) in [5.74, 6) is 0. The molecular weight excluding hydrogens is 304 g/mol. The minimum Gasteiger partial charge on any atom is -0.393 e. The normalized spacial score (nSPS) is 26.8. The van der Waals surface area contributed by atoms with Crippen LogP contribution in [0.5, 0.6) is 0 Å². The third kappa shape index (κ3) is 4.79. The summed E-state index contributed by atoms with van der Waals surface area (Å²) in [5.41, 5.74) is 2.30. The Balaban J connectivity index is 1.46. The van der Waals surface area contributed by atoms with E-state index in [4.69, 9.17) is 0 Å². The molecule has 2 fully saturated rings. The van der Waals surface area contributed by atoms with Crippen molar-refractivity contribution in [2.75, 3.05) is 19.6 Å². The number of aromatic nitrogens is 2. The number of nitrogens with one attached hydrogen (secondary N) is 1. The Morgan fingerprint density at radius 2 is 1.88 bits per heavy atom. The second-order valence-corrected chi connectivity index (χ2v) is 7.41. The SMILES string of the molecule is Cc1nn(CCN2CCC(O)CC2)cc1CN[C@H]1CCCC[C@@H]1O. The van der Waals surface area contributed by atoms with Gasteiger partial charge in [0, 0.05) is 44.0 Å². The molecule has 1 aliphatic carbocycles. The van der Waals surface area contributed by atoms with E-state index < -0.39 is 0 Å². The zero-order chi connectivity index (χ0) is 16.9. The molecular formula is C18H32N4O2. The van der Waals surface area contributed by atoms with Crippen molar-refractivity contribution >= 4 is 0 Å². The lowest BCUT2D eigenvalue weighted by atomic mass is 9.92. The molecule has 1 aromatic rings. The van der Waals surface area contributed by atoms with Gasteiger partial charge in [-0.2, -0.15) is 5.10 Å². The van der Waals surface area contributed by atoms with E-state index in [1.165, 1.54) is 12.0 Å². The molecule has 6 nitrogen and oxygen atoms in total. The van der Waals surface area contributed by atoms with Crippen molar-refractivity contribution in [1.82, 2.24) is 20.0 Å². The molecule has 0 amide bonds. The van der Waals surface area contributed by atoms with Crippen LogP contribution in [0.3, 0.4) is 0 Å². The van der Waals surface area contributed by atoms with E-state index in [0.717, 1.165) is 70.5 Å². The van der Waals surface area contributed by atoms with Crippen LogP contribution in [0.25, 0.3) is 0 Å². The smallest absolute Gasteiger partial charge is 0.0693 e. The molecule has 2 atom stereocenters. The first-order chi connectivity index (χ1) is 11.6. The van der Waals surface area contributed by atoms with E-state index in [-0.39, 0.29) is 18.2 Å². The molecule has 1 aliphatic heterocycles. The highest BCUT2D eigenvalue weighted by Gasteiger charge is 2.22. The first-order valence-corrected chi connectivity index (χ1v) is 9.46. The zero-order valence-electron chi connectivity index (χ0n) is 14.8. The lowest BCUT2D eigenvalue weighted by Gasteiger charge is -2.29. The molecule has 1 saturated heterocycles. The van der Waals surface area contributed by atoms with E-state index in [1.54, 1.807) is 0 Å². The number of rotatable bonds is 6. The molecule has 3 N–H and O–H groups in total. The standard InChI is InChI=1S/C18H32N4O2/c1-14-15(12-19-17-4-2-3-5-18(17)24)13-22(20-14)11-10-21-8-6-16(23)7-9-21/h13,16-19,23-24H,2-12H2,1H3/t17-,18-/m0/s1. The summed E-state index contributed by atoms with van der Waals surface area (Å²) in [5, 5.41) is 27.8. The van der Waals surface area contributed by atoms with Gasteiger partial charge in [-0.25, -0.2) is 0 Å². The number of aliphatic hydroxyl groups excluding tert-OH is 2. The summed E-state index contributed by atoms with van der Waals surface area (Å²) >= 11 is 0. The second-order valence-electron chi connectivity index (χ2n) is 7.41. The maximum Gasteiger partial charge on any atom is 0.0693 e. The molecule has 0 radical (unpaired) electrons. The van der Waals surface area contributed by atoms with Gasteiger partial charge in [-0.3, -0.25) is 4.68 Å². The van der Waals surface area contributed by atoms with E-state index in [0.29, 0.717) is 0 Å². The lowest BCUT2D eigenvalue weighted by Crippen LogP contribution is -2.41. The predicted octanol–water partition coefficient (Wildman–Crippen LogP) is 1.04. The number of likely N-dealkylation sites (tertiary alicyclic amines) is 1. The van der Waals surface area contributed by atoms with Gasteiger partial charge >= 0.3 is 0 Å². The molecule has 1 aromatic heterocycles. The van der Waals surface area contributed by atoms with Crippen molar-refractivity contribution in [3.8, 4) is 0 Å². The Bertz CT molecular complexity index is 511. The summed E-state index contributed by atoms with van der Waals surface area (Å²) in [6.45, 7) is 6.68. The maximum absolute atomic E-state index is 10.1. The summed E-state index contributed by atoms with van der Waals surface area (Å²) < 4.78 is 2.04. The van der Waals surface area contributed by atoms with Crippen LogP contribution in [0.1, 0.15) is 49.8 Å². The summed E-state index contributed by atoms with van der Waals surface area (Å²) in [6.07, 6.45) is 7.92. The molecule has 136 valence electrons. The first-order valence-electron chi connectivity index (χ1n) is 9.46. The molecule has 0 unspecified atom stereocenters. The second kappa shape index (κ2) is 8.43. The Labute approximate surface area is 144 Å². The van der Waals surface area contributed by atoms with Gasteiger partial charge in [0.15, 0.2) is 0 Å². The Morgan fingerprint density at radius 1 is 1.12 bits per heavy atom. The van der Waals surface area contributed by atoms with Gasteiger partial charge in [-0.1, -0.05) is 12.8 Å². The lowest BCUT2D eigenvalue weighted by molar-refractivity contribution is 0.0805. The first kappa shape index (κ1) is 17.9. The predicted molar refractivity (Wildman–Crippen MR) is 93.7 cm³/mol. The minimum atomic E-state index is -0.205. The third-order valence-corrected chi connectivity index (χ3v) is 5.53. The van der Waals surface area contributed by atoms with Gasteiger partial charge < -0.3 is 20.4 Å². The molecule has 0 aromatic carbocycles. The average Bonchev–Trinajstić information content (AvgIpc) is 2.94. The molecule has 0 bridgehead atoms. The van der Waals surface area contributed by atoms with E-state index in [1.807, 2.05) is 4.68 Å². The molecule has 2 aliphatic rings. The number of hydrogen-bond acceptors (Lipinski definition) is 5. The van der Waals surface area contributed by atoms with Crippen molar-refractivity contribution in [2.45, 2.75) is 76.8 Å². The highest BCUT2D eigenvalue weighted by atomic mass is 16.3. The fourth-order valence-electron chi connectivity index (χ4n) is 3.82. The van der Waals surface area contributed by atoms with E-state index >= 15 is 0 Å². The van der Waals surface area contributed by atoms with E-state index in [2.05, 4.69) is 28.4 Å². The summed E-state index contributed by atoms with van der Waals surface area (Å²) in [6, 6.07) is 0.223. The number of aryl methyl sites for hydroxylation is 1. The quantitative estimate of drug-likeness (QED) is 0.724. The Morgan fingerprint density at radius 3 is 2.62 bits per heavy atom. The monoisotopic (exact) mass is 336 g/mol. The zero-order valence-corrected chi connectivity index (χ0v) is 14.8. The van der Waals surface area contributed by atoms with Gasteiger partial charge in [0.1, 0.15) is 0 Å². The van der Waals surface area contributed by atoms with Gasteiger partial charge in [0.2, 0.25) is 0 Å². The molecule has 24 heavy (non-hydrogen) atoms. The van der Waals surface area contributed by atoms with Crippen LogP contribution >= 0.6 is 0 Å². The number of aliphatic hydroxyl groups is 2. The van der Waals surface area contributed by atoms with Crippen LogP contribution in [-0.4, -0.2) is 62.8 Å². The molecule has 3 rings (SSSR count). The molecule has 0 spiro atoms. The number of piperidine rings is 1. The van der Waals surface area contributed by atoms with Crippen LogP contribution < -0.4 is 5.32 Å². The van der Waals surface area contributed by atoms with Crippen LogP contribution in [-0.2, 0) is 13.1 Å². The van der Waals surface area contributed by atoms with Crippen LogP contribution in [0.2, 0.25) is 0 Å². The topological polar surface area (TPSA) is 73.6 Å². The van der Waals surface area contributed by atoms with Crippen LogP contribution in [0.15, 0.2) is 6.20 Å². The largest absolute Gasteiger partial charge is 0.393 e. The Kier molecular flexibility index (Phi) is 6.27. The fraction of sp³-hybridized carbons (Fsp3) is 0.833. The molecule has 2 heterocycles. The number of hydrogen-bond donors (Lipinski definition) is 3. The minimum absolute atomic E-state index is 0.110.